The highest BCUT2D eigenvalue weighted by molar-refractivity contribution is 7.12. The van der Waals surface area contributed by atoms with Crippen LogP contribution in [0.5, 0.6) is 0 Å². The Morgan fingerprint density at radius 3 is 0.912 bits per heavy atom. The van der Waals surface area contributed by atoms with Gasteiger partial charge in [0.15, 0.2) is 0 Å². The van der Waals surface area contributed by atoms with Crippen molar-refractivity contribution in [2.45, 2.75) is 262 Å². The molecule has 0 aliphatic heterocycles. The summed E-state index contributed by atoms with van der Waals surface area (Å²) >= 11 is 3.61. The van der Waals surface area contributed by atoms with Crippen LogP contribution in [0, 0.1) is 0 Å². The largest absolute Gasteiger partial charge is 0.260 e. The van der Waals surface area contributed by atoms with Gasteiger partial charge in [0, 0.05) is 50.0 Å². The SMILES string of the molecule is CC(C)(C)c1ccc(C(C)(C)C)cc1.CC(C)(C)c1ccc(C(C)(C)C)nc1.CC(C)(C)c1cccc(C(C)(C)C)c1.CC(C)(C)c1cnc(C(C)(C)C)s1.CC(C)(C)c1csc(C(C)(C)C)n1. The van der Waals surface area contributed by atoms with E-state index in [1.165, 1.54) is 48.4 Å². The Hall–Kier alpha value is -3.15. The van der Waals surface area contributed by atoms with Gasteiger partial charge in [0.1, 0.15) is 0 Å². The van der Waals surface area contributed by atoms with Gasteiger partial charge in [0.05, 0.1) is 15.7 Å². The second-order valence-corrected chi connectivity index (χ2v) is 31.0. The molecule has 382 valence electrons. The molecular formula is C63H103N3S2. The third-order valence-electron chi connectivity index (χ3n) is 11.4. The maximum atomic E-state index is 4.67. The van der Waals surface area contributed by atoms with Crippen molar-refractivity contribution in [1.29, 1.82) is 0 Å². The van der Waals surface area contributed by atoms with Crippen molar-refractivity contribution in [3.05, 3.63) is 133 Å². The average Bonchev–Trinajstić information content (AvgIpc) is 3.87. The minimum Gasteiger partial charge on any atom is -0.260 e. The fourth-order valence-electron chi connectivity index (χ4n) is 6.13. The van der Waals surface area contributed by atoms with Crippen molar-refractivity contribution in [2.75, 3.05) is 0 Å². The highest BCUT2D eigenvalue weighted by atomic mass is 32.1. The molecule has 0 unspecified atom stereocenters. The normalized spacial score (nSPS) is 13.1. The molecule has 2 aromatic carbocycles. The van der Waals surface area contributed by atoms with Gasteiger partial charge in [-0.3, -0.25) is 4.98 Å². The second kappa shape index (κ2) is 22.9. The van der Waals surface area contributed by atoms with E-state index in [0.29, 0.717) is 0 Å². The molecule has 0 aliphatic rings. The van der Waals surface area contributed by atoms with Crippen LogP contribution in [0.2, 0.25) is 0 Å². The van der Waals surface area contributed by atoms with Crippen LogP contribution in [0.25, 0.3) is 0 Å². The van der Waals surface area contributed by atoms with E-state index in [0.717, 1.165) is 5.69 Å². The van der Waals surface area contributed by atoms with Crippen LogP contribution in [0.4, 0.5) is 0 Å². The average molecular weight is 967 g/mol. The van der Waals surface area contributed by atoms with E-state index in [9.17, 15) is 0 Å². The molecule has 0 bridgehead atoms. The Balaban J connectivity index is 0.000000425. The predicted molar refractivity (Wildman–Crippen MR) is 308 cm³/mol. The quantitative estimate of drug-likeness (QED) is 0.155. The summed E-state index contributed by atoms with van der Waals surface area (Å²) in [7, 11) is 0. The summed E-state index contributed by atoms with van der Waals surface area (Å²) in [6.45, 7) is 66.8. The highest BCUT2D eigenvalue weighted by Gasteiger charge is 2.25. The van der Waals surface area contributed by atoms with Crippen molar-refractivity contribution in [1.82, 2.24) is 15.0 Å². The van der Waals surface area contributed by atoms with Gasteiger partial charge >= 0.3 is 0 Å². The van der Waals surface area contributed by atoms with Gasteiger partial charge in [-0.25, -0.2) is 9.97 Å². The molecule has 0 saturated heterocycles. The predicted octanol–water partition coefficient (Wildman–Crippen LogP) is 19.7. The van der Waals surface area contributed by atoms with Gasteiger partial charge in [-0.05, 0) is 66.4 Å². The Kier molecular flexibility index (Phi) is 21.2. The van der Waals surface area contributed by atoms with Crippen LogP contribution in [0.1, 0.15) is 262 Å². The number of aromatic nitrogens is 3. The van der Waals surface area contributed by atoms with Crippen LogP contribution in [0.3, 0.4) is 0 Å². The molecule has 0 atom stereocenters. The lowest BCUT2D eigenvalue weighted by atomic mass is 9.81. The monoisotopic (exact) mass is 966 g/mol. The Morgan fingerprint density at radius 1 is 0.309 bits per heavy atom. The smallest absolute Gasteiger partial charge is 0.0982 e. The lowest BCUT2D eigenvalue weighted by Gasteiger charge is -2.24. The second-order valence-electron chi connectivity index (χ2n) is 29.2. The van der Waals surface area contributed by atoms with Gasteiger partial charge in [0.25, 0.3) is 0 Å². The summed E-state index contributed by atoms with van der Waals surface area (Å²) in [6, 6.07) is 22.3. The van der Waals surface area contributed by atoms with Crippen molar-refractivity contribution in [3.8, 4) is 0 Å². The summed E-state index contributed by atoms with van der Waals surface area (Å²) in [4.78, 5) is 15.0. The van der Waals surface area contributed by atoms with Crippen LogP contribution in [-0.2, 0) is 54.1 Å². The molecule has 0 amide bonds. The third kappa shape index (κ3) is 21.9. The van der Waals surface area contributed by atoms with Crippen LogP contribution < -0.4 is 0 Å². The first-order chi connectivity index (χ1) is 30.1. The Bertz CT molecular complexity index is 1950. The molecule has 5 aromatic rings. The molecule has 3 heterocycles. The van der Waals surface area contributed by atoms with Crippen molar-refractivity contribution >= 4 is 22.7 Å². The summed E-state index contributed by atoms with van der Waals surface area (Å²) in [5.41, 5.74) is 11.5. The minimum absolute atomic E-state index is 0.149. The number of nitrogens with zero attached hydrogens (tertiary/aromatic N) is 3. The standard InChI is InChI=1S/2C14H22.C13H21N.2C11H19NS/c1-13(2,3)11-7-9-12(10-8-11)14(4,5)6;1-13(2,3)11-8-7-9-12(10-11)14(4,5)6;1-12(2,3)10-7-8-11(14-9-10)13(4,5)6;1-10(2,3)8-7-13-9(12-8)11(4,5)6;1-10(2,3)8-7-12-9(13-8)11(4,5)6/h2*7-10H,1-6H3;7-9H,1-6H3;2*7H,1-6H3. The summed E-state index contributed by atoms with van der Waals surface area (Å²) in [5, 5.41) is 4.65. The molecular weight excluding hydrogens is 863 g/mol. The number of pyridine rings is 1. The molecule has 5 heteroatoms. The number of hydrogen-bond acceptors (Lipinski definition) is 5. The fraction of sp³-hybridized carbons (Fsp3) is 0.635. The van der Waals surface area contributed by atoms with Crippen molar-refractivity contribution < 1.29 is 0 Å². The molecule has 0 spiro atoms. The lowest BCUT2D eigenvalue weighted by Crippen LogP contribution is -2.16. The van der Waals surface area contributed by atoms with Gasteiger partial charge in [0.2, 0.25) is 0 Å². The van der Waals surface area contributed by atoms with Gasteiger partial charge in [-0.1, -0.05) is 262 Å². The molecule has 68 heavy (non-hydrogen) atoms. The number of rotatable bonds is 0. The maximum Gasteiger partial charge on any atom is 0.0982 e. The van der Waals surface area contributed by atoms with E-state index in [1.54, 1.807) is 11.3 Å². The van der Waals surface area contributed by atoms with E-state index in [4.69, 9.17) is 0 Å². The van der Waals surface area contributed by atoms with Crippen molar-refractivity contribution in [2.24, 2.45) is 0 Å². The number of hydrogen-bond donors (Lipinski definition) is 0. The topological polar surface area (TPSA) is 38.7 Å². The first kappa shape index (κ1) is 62.9. The van der Waals surface area contributed by atoms with E-state index in [2.05, 4.69) is 289 Å². The molecule has 5 rings (SSSR count). The third-order valence-corrected chi connectivity index (χ3v) is 14.5. The Labute approximate surface area is 429 Å². The zero-order valence-electron chi connectivity index (χ0n) is 49.7. The number of benzene rings is 2. The molecule has 0 radical (unpaired) electrons. The van der Waals surface area contributed by atoms with E-state index >= 15 is 0 Å². The molecule has 0 N–H and O–H groups in total. The van der Waals surface area contributed by atoms with E-state index in [-0.39, 0.29) is 54.1 Å². The zero-order chi connectivity index (χ0) is 53.5. The minimum atomic E-state index is 0.149. The first-order valence-corrected chi connectivity index (χ1v) is 26.9. The molecule has 0 saturated carbocycles. The molecule has 3 aromatic heterocycles. The molecule has 3 nitrogen and oxygen atoms in total. The first-order valence-electron chi connectivity index (χ1n) is 25.2. The Morgan fingerprint density at radius 2 is 0.676 bits per heavy atom. The summed E-state index contributed by atoms with van der Waals surface area (Å²) < 4.78 is 0. The highest BCUT2D eigenvalue weighted by Crippen LogP contribution is 2.34. The van der Waals surface area contributed by atoms with Gasteiger partial charge in [-0.15, -0.1) is 22.7 Å². The van der Waals surface area contributed by atoms with Crippen LogP contribution in [0.15, 0.2) is 78.4 Å². The van der Waals surface area contributed by atoms with E-state index < -0.39 is 0 Å². The lowest BCUT2D eigenvalue weighted by molar-refractivity contribution is 0.547. The van der Waals surface area contributed by atoms with Crippen LogP contribution in [-0.4, -0.2) is 15.0 Å². The fourth-order valence-corrected chi connectivity index (χ4v) is 8.30. The van der Waals surface area contributed by atoms with Gasteiger partial charge < -0.3 is 0 Å². The zero-order valence-corrected chi connectivity index (χ0v) is 51.3. The summed E-state index contributed by atoms with van der Waals surface area (Å²) in [6.07, 6.45) is 4.02. The van der Waals surface area contributed by atoms with E-state index in [1.807, 2.05) is 23.7 Å². The van der Waals surface area contributed by atoms with Gasteiger partial charge in [-0.2, -0.15) is 0 Å². The molecule has 0 fully saturated rings. The summed E-state index contributed by atoms with van der Waals surface area (Å²) in [5.74, 6) is 0. The van der Waals surface area contributed by atoms with Crippen molar-refractivity contribution in [3.63, 3.8) is 0 Å². The molecule has 0 aliphatic carbocycles. The van der Waals surface area contributed by atoms with Crippen LogP contribution >= 0.6 is 22.7 Å². The number of thiazole rings is 2. The maximum absolute atomic E-state index is 4.67.